The molecule has 0 atom stereocenters. The van der Waals surface area contributed by atoms with Gasteiger partial charge in [-0.1, -0.05) is 11.6 Å². The smallest absolute Gasteiger partial charge is 0.331 e. The largest absolute Gasteiger partial charge is 0.466 e. The van der Waals surface area contributed by atoms with Crippen molar-refractivity contribution in [3.8, 4) is 0 Å². The van der Waals surface area contributed by atoms with E-state index >= 15 is 0 Å². The molecule has 0 bridgehead atoms. The summed E-state index contributed by atoms with van der Waals surface area (Å²) < 4.78 is 4.51. The zero-order valence-corrected chi connectivity index (χ0v) is 16.3. The molecule has 0 aromatic heterocycles. The Morgan fingerprint density at radius 1 is 1.33 bits per heavy atom. The molecule has 2 heterocycles. The van der Waals surface area contributed by atoms with Crippen LogP contribution in [0.5, 0.6) is 0 Å². The van der Waals surface area contributed by atoms with Crippen molar-refractivity contribution in [2.45, 2.75) is 19.3 Å². The number of hydrogen-bond donors (Lipinski definition) is 1. The zero-order chi connectivity index (χ0) is 19.2. The standard InChI is InChI=1S/C18H19ClN4O3S/c1-26-16(24)10-15-17(25)21-18(27-15)22-20-11-12-5-6-13(9-14(12)19)23-7-3-2-4-8-23/h5-6,9-11H,2-4,7-8H2,1H3,(H,21,22,25)/b15-10+,20-11?. The topological polar surface area (TPSA) is 83.4 Å². The molecule has 1 N–H and O–H groups in total. The molecule has 0 aliphatic carbocycles. The summed E-state index contributed by atoms with van der Waals surface area (Å²) in [5.41, 5.74) is 1.85. The number of halogens is 1. The van der Waals surface area contributed by atoms with Gasteiger partial charge in [-0.15, -0.1) is 5.10 Å². The predicted octanol–water partition coefficient (Wildman–Crippen LogP) is 2.94. The Balaban J connectivity index is 1.66. The summed E-state index contributed by atoms with van der Waals surface area (Å²) >= 11 is 7.38. The van der Waals surface area contributed by atoms with E-state index in [4.69, 9.17) is 11.6 Å². The third-order valence-electron chi connectivity index (χ3n) is 4.15. The third-order valence-corrected chi connectivity index (χ3v) is 5.38. The first-order chi connectivity index (χ1) is 13.1. The molecule has 142 valence electrons. The van der Waals surface area contributed by atoms with Gasteiger partial charge >= 0.3 is 5.97 Å². The maximum atomic E-state index is 11.7. The van der Waals surface area contributed by atoms with Crippen molar-refractivity contribution in [3.63, 3.8) is 0 Å². The van der Waals surface area contributed by atoms with E-state index in [9.17, 15) is 9.59 Å². The van der Waals surface area contributed by atoms with E-state index < -0.39 is 11.9 Å². The Hall–Kier alpha value is -2.32. The molecule has 2 fully saturated rings. The maximum Gasteiger partial charge on any atom is 0.331 e. The highest BCUT2D eigenvalue weighted by atomic mass is 35.5. The molecule has 0 spiro atoms. The number of benzene rings is 1. The average Bonchev–Trinajstić information content (AvgIpc) is 3.02. The molecule has 9 heteroatoms. The molecule has 2 saturated heterocycles. The van der Waals surface area contributed by atoms with Crippen molar-refractivity contribution in [2.24, 2.45) is 10.2 Å². The number of thioether (sulfide) groups is 1. The highest BCUT2D eigenvalue weighted by molar-refractivity contribution is 8.18. The van der Waals surface area contributed by atoms with Gasteiger partial charge in [0.1, 0.15) is 0 Å². The molecular weight excluding hydrogens is 388 g/mol. The number of methoxy groups -OCH3 is 1. The maximum absolute atomic E-state index is 11.7. The highest BCUT2D eigenvalue weighted by Gasteiger charge is 2.25. The van der Waals surface area contributed by atoms with Crippen LogP contribution in [0, 0.1) is 0 Å². The lowest BCUT2D eigenvalue weighted by Crippen LogP contribution is -2.29. The molecule has 2 aliphatic heterocycles. The van der Waals surface area contributed by atoms with Crippen LogP contribution in [0.1, 0.15) is 24.8 Å². The first kappa shape index (κ1) is 19.4. The average molecular weight is 407 g/mol. The Kier molecular flexibility index (Phi) is 6.52. The Morgan fingerprint density at radius 2 is 2.11 bits per heavy atom. The second-order valence-corrected chi connectivity index (χ2v) is 7.43. The lowest BCUT2D eigenvalue weighted by atomic mass is 10.1. The molecule has 0 unspecified atom stereocenters. The van der Waals surface area contributed by atoms with Gasteiger partial charge in [0.25, 0.3) is 5.91 Å². The highest BCUT2D eigenvalue weighted by Crippen LogP contribution is 2.26. The monoisotopic (exact) mass is 406 g/mol. The first-order valence-electron chi connectivity index (χ1n) is 8.51. The molecule has 7 nitrogen and oxygen atoms in total. The number of carbonyl (C=O) groups excluding carboxylic acids is 2. The van der Waals surface area contributed by atoms with Crippen molar-refractivity contribution in [1.82, 2.24) is 5.32 Å². The van der Waals surface area contributed by atoms with E-state index in [-0.39, 0.29) is 10.1 Å². The van der Waals surface area contributed by atoms with Gasteiger partial charge in [-0.3, -0.25) is 10.1 Å². The van der Waals surface area contributed by atoms with E-state index in [0.717, 1.165) is 42.2 Å². The molecule has 1 amide bonds. The number of nitrogens with one attached hydrogen (secondary N) is 1. The summed E-state index contributed by atoms with van der Waals surface area (Å²) in [7, 11) is 1.25. The van der Waals surface area contributed by atoms with Crippen molar-refractivity contribution in [1.29, 1.82) is 0 Å². The van der Waals surface area contributed by atoms with E-state index in [1.165, 1.54) is 32.6 Å². The fourth-order valence-electron chi connectivity index (χ4n) is 2.75. The van der Waals surface area contributed by atoms with Crippen molar-refractivity contribution in [2.75, 3.05) is 25.1 Å². The van der Waals surface area contributed by atoms with Crippen molar-refractivity contribution in [3.05, 3.63) is 39.8 Å². The van der Waals surface area contributed by atoms with Gasteiger partial charge in [0.15, 0.2) is 5.17 Å². The Bertz CT molecular complexity index is 832. The molecule has 1 aromatic carbocycles. The van der Waals surface area contributed by atoms with Crippen LogP contribution in [0.4, 0.5) is 5.69 Å². The van der Waals surface area contributed by atoms with Gasteiger partial charge < -0.3 is 9.64 Å². The van der Waals surface area contributed by atoms with E-state index in [1.54, 1.807) is 0 Å². The van der Waals surface area contributed by atoms with Crippen LogP contribution in [0.25, 0.3) is 0 Å². The lowest BCUT2D eigenvalue weighted by Gasteiger charge is -2.29. The summed E-state index contributed by atoms with van der Waals surface area (Å²) in [6.45, 7) is 2.10. The molecule has 2 aliphatic rings. The molecule has 27 heavy (non-hydrogen) atoms. The number of hydrogen-bond acceptors (Lipinski definition) is 7. The number of esters is 1. The molecule has 0 radical (unpaired) electrons. The fraction of sp³-hybridized carbons (Fsp3) is 0.333. The van der Waals surface area contributed by atoms with Crippen LogP contribution >= 0.6 is 23.4 Å². The second-order valence-electron chi connectivity index (χ2n) is 5.99. The molecule has 0 saturated carbocycles. The summed E-state index contributed by atoms with van der Waals surface area (Å²) in [6.07, 6.45) is 6.33. The van der Waals surface area contributed by atoms with Gasteiger partial charge in [0, 0.05) is 30.4 Å². The number of nitrogens with zero attached hydrogens (tertiary/aromatic N) is 3. The first-order valence-corrected chi connectivity index (χ1v) is 9.70. The van der Waals surface area contributed by atoms with E-state index in [2.05, 4.69) is 25.2 Å². The number of amides is 1. The normalized spacial score (nSPS) is 20.5. The Labute approximate surface area is 166 Å². The molecule has 1 aromatic rings. The summed E-state index contributed by atoms with van der Waals surface area (Å²) in [5, 5.41) is 11.4. The number of rotatable bonds is 4. The molecule has 3 rings (SSSR count). The number of ether oxygens (including phenoxy) is 1. The summed E-state index contributed by atoms with van der Waals surface area (Å²) in [6, 6.07) is 5.86. The second kappa shape index (κ2) is 9.05. The van der Waals surface area contributed by atoms with Crippen molar-refractivity contribution < 1.29 is 14.3 Å². The van der Waals surface area contributed by atoms with Crippen LogP contribution < -0.4 is 10.2 Å². The zero-order valence-electron chi connectivity index (χ0n) is 14.8. The quantitative estimate of drug-likeness (QED) is 0.359. The van der Waals surface area contributed by atoms with Gasteiger partial charge in [0.2, 0.25) is 0 Å². The van der Waals surface area contributed by atoms with Gasteiger partial charge in [-0.25, -0.2) is 4.79 Å². The van der Waals surface area contributed by atoms with E-state index in [1.807, 2.05) is 18.2 Å². The minimum atomic E-state index is -0.599. The molecular formula is C18H19ClN4O3S. The van der Waals surface area contributed by atoms with Crippen LogP contribution in [0.3, 0.4) is 0 Å². The number of carbonyl (C=O) groups is 2. The van der Waals surface area contributed by atoms with Gasteiger partial charge in [-0.05, 0) is 49.2 Å². The van der Waals surface area contributed by atoms with Crippen LogP contribution in [-0.2, 0) is 14.3 Å². The SMILES string of the molecule is COC(=O)/C=C1/S/C(=N\N=Cc2ccc(N3CCCCC3)cc2Cl)NC1=O. The Morgan fingerprint density at radius 3 is 2.81 bits per heavy atom. The number of piperidine rings is 1. The summed E-state index contributed by atoms with van der Waals surface area (Å²) in [5.74, 6) is -1.01. The van der Waals surface area contributed by atoms with Crippen molar-refractivity contribution >= 4 is 52.3 Å². The number of anilines is 1. The number of amidine groups is 1. The minimum Gasteiger partial charge on any atom is -0.466 e. The van der Waals surface area contributed by atoms with Crippen LogP contribution in [0.2, 0.25) is 5.02 Å². The van der Waals surface area contributed by atoms with Gasteiger partial charge in [0.05, 0.1) is 23.3 Å². The van der Waals surface area contributed by atoms with Crippen LogP contribution in [-0.4, -0.2) is 43.5 Å². The third kappa shape index (κ3) is 5.11. The fourth-order valence-corrected chi connectivity index (χ4v) is 3.72. The van der Waals surface area contributed by atoms with Gasteiger partial charge in [-0.2, -0.15) is 5.10 Å². The van der Waals surface area contributed by atoms with E-state index in [0.29, 0.717) is 5.02 Å². The van der Waals surface area contributed by atoms with Crippen LogP contribution in [0.15, 0.2) is 39.4 Å². The predicted molar refractivity (Wildman–Crippen MR) is 108 cm³/mol. The summed E-state index contributed by atoms with van der Waals surface area (Å²) in [4.78, 5) is 25.5. The minimum absolute atomic E-state index is 0.208. The lowest BCUT2D eigenvalue weighted by molar-refractivity contribution is -0.135.